The van der Waals surface area contributed by atoms with Crippen molar-refractivity contribution >= 4 is 17.5 Å². The number of nitrogens with one attached hydrogen (secondary N) is 2. The summed E-state index contributed by atoms with van der Waals surface area (Å²) in [5.41, 5.74) is 1.29. The molecule has 2 N–H and O–H groups in total. The van der Waals surface area contributed by atoms with Crippen LogP contribution in [0.1, 0.15) is 15.9 Å². The van der Waals surface area contributed by atoms with Gasteiger partial charge in [0.05, 0.1) is 18.4 Å². The summed E-state index contributed by atoms with van der Waals surface area (Å²) in [5, 5.41) is 5.42. The number of aromatic nitrogens is 2. The Morgan fingerprint density at radius 2 is 1.86 bits per heavy atom. The van der Waals surface area contributed by atoms with Gasteiger partial charge >= 0.3 is 0 Å². The van der Waals surface area contributed by atoms with Crippen molar-refractivity contribution in [1.29, 1.82) is 0 Å². The lowest BCUT2D eigenvalue weighted by atomic mass is 10.1. The first-order chi connectivity index (χ1) is 13.6. The molecule has 0 aliphatic rings. The van der Waals surface area contributed by atoms with Gasteiger partial charge in [-0.25, -0.2) is 18.7 Å². The Hall–Kier alpha value is -3.55. The van der Waals surface area contributed by atoms with Crippen molar-refractivity contribution in [3.63, 3.8) is 0 Å². The van der Waals surface area contributed by atoms with Gasteiger partial charge in [-0.3, -0.25) is 4.79 Å². The van der Waals surface area contributed by atoms with Crippen molar-refractivity contribution in [1.82, 2.24) is 15.3 Å². The number of rotatable bonds is 7. The van der Waals surface area contributed by atoms with Gasteiger partial charge < -0.3 is 15.4 Å². The Bertz CT molecular complexity index is 965. The van der Waals surface area contributed by atoms with Gasteiger partial charge in [0.15, 0.2) is 0 Å². The van der Waals surface area contributed by atoms with Gasteiger partial charge in [0.2, 0.25) is 5.95 Å². The fourth-order valence-corrected chi connectivity index (χ4v) is 2.54. The molecule has 0 saturated heterocycles. The molecular weight excluding hydrogens is 366 g/mol. The molecule has 6 nitrogen and oxygen atoms in total. The van der Waals surface area contributed by atoms with Crippen LogP contribution in [-0.4, -0.2) is 29.5 Å². The summed E-state index contributed by atoms with van der Waals surface area (Å²) in [5.74, 6) is -0.903. The van der Waals surface area contributed by atoms with E-state index in [9.17, 15) is 13.6 Å². The van der Waals surface area contributed by atoms with E-state index in [4.69, 9.17) is 4.74 Å². The van der Waals surface area contributed by atoms with Crippen LogP contribution in [0.25, 0.3) is 0 Å². The molecule has 1 aromatic heterocycles. The minimum atomic E-state index is -0.762. The monoisotopic (exact) mass is 384 g/mol. The van der Waals surface area contributed by atoms with E-state index < -0.39 is 11.6 Å². The zero-order valence-electron chi connectivity index (χ0n) is 15.1. The lowest BCUT2D eigenvalue weighted by Gasteiger charge is -2.09. The molecule has 8 heteroatoms. The number of anilines is 2. The number of hydrogen-bond acceptors (Lipinski definition) is 5. The number of halogens is 2. The van der Waals surface area contributed by atoms with Gasteiger partial charge in [-0.2, -0.15) is 0 Å². The fraction of sp³-hybridized carbons (Fsp3) is 0.150. The highest BCUT2D eigenvalue weighted by molar-refractivity contribution is 5.93. The summed E-state index contributed by atoms with van der Waals surface area (Å²) in [6, 6.07) is 10.7. The quantitative estimate of drug-likeness (QED) is 0.652. The number of hydrogen-bond donors (Lipinski definition) is 2. The highest BCUT2D eigenvalue weighted by Crippen LogP contribution is 2.19. The molecule has 0 fully saturated rings. The average molecular weight is 384 g/mol. The minimum absolute atomic E-state index is 0.0374. The largest absolute Gasteiger partial charge is 0.496 e. The molecule has 3 rings (SSSR count). The maximum absolute atomic E-state index is 13.6. The molecule has 0 saturated carbocycles. The molecule has 0 unspecified atom stereocenters. The van der Waals surface area contributed by atoms with Crippen LogP contribution < -0.4 is 15.4 Å². The first kappa shape index (κ1) is 19.2. The molecule has 1 amide bonds. The van der Waals surface area contributed by atoms with Crippen LogP contribution in [0.3, 0.4) is 0 Å². The summed E-state index contributed by atoms with van der Waals surface area (Å²) in [7, 11) is 1.60. The topological polar surface area (TPSA) is 76.1 Å². The summed E-state index contributed by atoms with van der Waals surface area (Å²) in [6.07, 6.45) is 3.27. The predicted octanol–water partition coefficient (Wildman–Crippen LogP) is 3.48. The van der Waals surface area contributed by atoms with E-state index >= 15 is 0 Å². The predicted molar refractivity (Wildman–Crippen MR) is 101 cm³/mol. The highest BCUT2D eigenvalue weighted by Gasteiger charge is 2.09. The van der Waals surface area contributed by atoms with Gasteiger partial charge in [-0.05, 0) is 30.2 Å². The summed E-state index contributed by atoms with van der Waals surface area (Å²) >= 11 is 0. The third kappa shape index (κ3) is 4.79. The molecule has 0 aliphatic carbocycles. The molecule has 0 aliphatic heterocycles. The second kappa shape index (κ2) is 8.90. The summed E-state index contributed by atoms with van der Waals surface area (Å²) in [6.45, 7) is 0.417. The van der Waals surface area contributed by atoms with Crippen LogP contribution in [0.2, 0.25) is 0 Å². The van der Waals surface area contributed by atoms with E-state index in [-0.39, 0.29) is 23.1 Å². The van der Waals surface area contributed by atoms with Crippen molar-refractivity contribution in [2.24, 2.45) is 0 Å². The number of methoxy groups -OCH3 is 1. The van der Waals surface area contributed by atoms with E-state index in [1.54, 1.807) is 7.11 Å². The van der Waals surface area contributed by atoms with Crippen LogP contribution in [-0.2, 0) is 6.42 Å². The molecule has 3 aromatic rings. The Balaban J connectivity index is 1.56. The zero-order valence-corrected chi connectivity index (χ0v) is 15.1. The van der Waals surface area contributed by atoms with Crippen LogP contribution in [0.4, 0.5) is 20.4 Å². The van der Waals surface area contributed by atoms with E-state index in [2.05, 4.69) is 20.6 Å². The molecule has 0 atom stereocenters. The third-order valence-electron chi connectivity index (χ3n) is 3.96. The van der Waals surface area contributed by atoms with Crippen molar-refractivity contribution < 1.29 is 18.3 Å². The molecular formula is C20H18F2N4O2. The van der Waals surface area contributed by atoms with Crippen LogP contribution in [0, 0.1) is 11.6 Å². The van der Waals surface area contributed by atoms with Crippen molar-refractivity contribution in [3.05, 3.63) is 77.6 Å². The smallest absolute Gasteiger partial charge is 0.254 e. The number of carbonyl (C=O) groups is 1. The molecule has 144 valence electrons. The second-order valence-electron chi connectivity index (χ2n) is 5.86. The standard InChI is InChI=1S/C20H18F2N4O2/c1-28-18-5-3-2-4-13(18)8-9-23-19(27)14-11-24-20(25-12-14)26-17-7-6-15(21)10-16(17)22/h2-7,10-12H,8-9H2,1H3,(H,23,27)(H,24,25,26). The Kier molecular flexibility index (Phi) is 6.11. The normalized spacial score (nSPS) is 10.4. The highest BCUT2D eigenvalue weighted by atomic mass is 19.1. The van der Waals surface area contributed by atoms with Crippen LogP contribution in [0.5, 0.6) is 5.75 Å². The number of para-hydroxylation sites is 1. The molecule has 0 bridgehead atoms. The lowest BCUT2D eigenvalue weighted by molar-refractivity contribution is 0.0953. The molecule has 1 heterocycles. The summed E-state index contributed by atoms with van der Waals surface area (Å²) < 4.78 is 31.9. The number of benzene rings is 2. The Morgan fingerprint density at radius 1 is 1.11 bits per heavy atom. The number of amides is 1. The maximum atomic E-state index is 13.6. The van der Waals surface area contributed by atoms with E-state index in [1.165, 1.54) is 18.5 Å². The Labute approximate surface area is 160 Å². The van der Waals surface area contributed by atoms with Gasteiger partial charge in [-0.15, -0.1) is 0 Å². The summed E-state index contributed by atoms with van der Waals surface area (Å²) in [4.78, 5) is 20.2. The van der Waals surface area contributed by atoms with Gasteiger partial charge in [0.1, 0.15) is 17.4 Å². The number of nitrogens with zero attached hydrogens (tertiary/aromatic N) is 2. The minimum Gasteiger partial charge on any atom is -0.496 e. The third-order valence-corrected chi connectivity index (χ3v) is 3.96. The number of ether oxygens (including phenoxy) is 1. The van der Waals surface area contributed by atoms with Crippen molar-refractivity contribution in [2.75, 3.05) is 19.0 Å². The lowest BCUT2D eigenvalue weighted by Crippen LogP contribution is -2.26. The average Bonchev–Trinajstić information content (AvgIpc) is 2.71. The molecule has 28 heavy (non-hydrogen) atoms. The van der Waals surface area contributed by atoms with Crippen molar-refractivity contribution in [3.8, 4) is 5.75 Å². The SMILES string of the molecule is COc1ccccc1CCNC(=O)c1cnc(Nc2ccc(F)cc2F)nc1. The number of carbonyl (C=O) groups excluding carboxylic acids is 1. The first-order valence-electron chi connectivity index (χ1n) is 8.51. The van der Waals surface area contributed by atoms with Crippen LogP contribution >= 0.6 is 0 Å². The molecule has 2 aromatic carbocycles. The van der Waals surface area contributed by atoms with Gasteiger partial charge in [0.25, 0.3) is 5.91 Å². The van der Waals surface area contributed by atoms with Gasteiger partial charge in [0, 0.05) is 25.0 Å². The van der Waals surface area contributed by atoms with Crippen LogP contribution in [0.15, 0.2) is 54.9 Å². The van der Waals surface area contributed by atoms with E-state index in [0.717, 1.165) is 23.4 Å². The van der Waals surface area contributed by atoms with E-state index in [1.807, 2.05) is 24.3 Å². The molecule has 0 radical (unpaired) electrons. The zero-order chi connectivity index (χ0) is 19.9. The fourth-order valence-electron chi connectivity index (χ4n) is 2.54. The first-order valence-corrected chi connectivity index (χ1v) is 8.51. The molecule has 0 spiro atoms. The van der Waals surface area contributed by atoms with Crippen molar-refractivity contribution in [2.45, 2.75) is 6.42 Å². The Morgan fingerprint density at radius 3 is 2.57 bits per heavy atom. The maximum Gasteiger partial charge on any atom is 0.254 e. The van der Waals surface area contributed by atoms with E-state index in [0.29, 0.717) is 13.0 Å². The van der Waals surface area contributed by atoms with Gasteiger partial charge in [-0.1, -0.05) is 18.2 Å². The second-order valence-corrected chi connectivity index (χ2v) is 5.86.